The molecule has 0 N–H and O–H groups in total. The first-order valence-corrected chi connectivity index (χ1v) is 6.02. The van der Waals surface area contributed by atoms with Gasteiger partial charge in [-0.15, -0.1) is 0 Å². The smallest absolute Gasteiger partial charge is 0.119 e. The third-order valence-corrected chi connectivity index (χ3v) is 3.82. The molecular weight excluding hydrogens is 172 g/mol. The van der Waals surface area contributed by atoms with Crippen LogP contribution in [-0.2, 0) is 4.74 Å². The lowest BCUT2D eigenvalue weighted by Crippen LogP contribution is -2.24. The van der Waals surface area contributed by atoms with E-state index < -0.39 is 0 Å². The van der Waals surface area contributed by atoms with Crippen LogP contribution in [0.15, 0.2) is 23.0 Å². The Hall–Kier alpha value is -0.720. The van der Waals surface area contributed by atoms with Crippen LogP contribution in [0.2, 0.25) is 0 Å². The third kappa shape index (κ3) is 1.30. The molecule has 0 aromatic rings. The van der Waals surface area contributed by atoms with Crippen molar-refractivity contribution >= 4 is 0 Å². The highest BCUT2D eigenvalue weighted by Crippen LogP contribution is 2.40. The Bertz CT molecular complexity index is 298. The summed E-state index contributed by atoms with van der Waals surface area (Å²) in [4.78, 5) is 0. The number of fused-ring (bicyclic) bond motifs is 2. The number of allylic oxidation sites excluding steroid dienone is 2. The Kier molecular flexibility index (Phi) is 2.11. The molecule has 0 bridgehead atoms. The highest BCUT2D eigenvalue weighted by atomic mass is 16.5. The van der Waals surface area contributed by atoms with Gasteiger partial charge in [0.05, 0.1) is 6.26 Å². The Balaban J connectivity index is 1.95. The van der Waals surface area contributed by atoms with Crippen LogP contribution in [0.4, 0.5) is 0 Å². The lowest BCUT2D eigenvalue weighted by molar-refractivity contribution is 0.138. The Morgan fingerprint density at radius 1 is 1.00 bits per heavy atom. The quantitative estimate of drug-likeness (QED) is 0.565. The SMILES string of the molecule is C1=C2CCCCC2=C2CCCCC2O1. The Morgan fingerprint density at radius 3 is 2.86 bits per heavy atom. The number of hydrogen-bond donors (Lipinski definition) is 0. The predicted molar refractivity (Wildman–Crippen MR) is 56.9 cm³/mol. The van der Waals surface area contributed by atoms with Crippen molar-refractivity contribution in [1.82, 2.24) is 0 Å². The molecule has 2 aliphatic carbocycles. The summed E-state index contributed by atoms with van der Waals surface area (Å²) in [6.45, 7) is 0. The van der Waals surface area contributed by atoms with Crippen LogP contribution in [0.5, 0.6) is 0 Å². The highest BCUT2D eigenvalue weighted by molar-refractivity contribution is 5.40. The van der Waals surface area contributed by atoms with Crippen molar-refractivity contribution in [1.29, 1.82) is 0 Å². The van der Waals surface area contributed by atoms with Gasteiger partial charge in [-0.3, -0.25) is 0 Å². The molecule has 2 fully saturated rings. The average molecular weight is 190 g/mol. The number of ether oxygens (including phenoxy) is 1. The van der Waals surface area contributed by atoms with Crippen molar-refractivity contribution in [2.45, 2.75) is 57.5 Å². The van der Waals surface area contributed by atoms with Gasteiger partial charge < -0.3 is 4.74 Å². The number of hydrogen-bond acceptors (Lipinski definition) is 1. The van der Waals surface area contributed by atoms with E-state index in [0.717, 1.165) is 0 Å². The van der Waals surface area contributed by atoms with Gasteiger partial charge in [-0.25, -0.2) is 0 Å². The normalized spacial score (nSPS) is 31.4. The summed E-state index contributed by atoms with van der Waals surface area (Å²) in [6.07, 6.45) is 13.1. The average Bonchev–Trinajstić information content (AvgIpc) is 2.29. The van der Waals surface area contributed by atoms with Crippen molar-refractivity contribution < 1.29 is 4.74 Å². The Morgan fingerprint density at radius 2 is 1.86 bits per heavy atom. The summed E-state index contributed by atoms with van der Waals surface area (Å²) in [7, 11) is 0. The van der Waals surface area contributed by atoms with Crippen molar-refractivity contribution in [3.63, 3.8) is 0 Å². The van der Waals surface area contributed by atoms with E-state index in [0.29, 0.717) is 6.10 Å². The van der Waals surface area contributed by atoms with Crippen LogP contribution in [0.3, 0.4) is 0 Å². The van der Waals surface area contributed by atoms with Gasteiger partial charge in [0.15, 0.2) is 0 Å². The molecule has 1 unspecified atom stereocenters. The summed E-state index contributed by atoms with van der Waals surface area (Å²) in [6, 6.07) is 0. The summed E-state index contributed by atoms with van der Waals surface area (Å²) < 4.78 is 5.83. The molecule has 1 nitrogen and oxygen atoms in total. The molecule has 14 heavy (non-hydrogen) atoms. The maximum atomic E-state index is 5.83. The largest absolute Gasteiger partial charge is 0.493 e. The van der Waals surface area contributed by atoms with E-state index in [2.05, 4.69) is 6.26 Å². The first kappa shape index (κ1) is 8.58. The molecule has 3 aliphatic rings. The van der Waals surface area contributed by atoms with Gasteiger partial charge in [-0.05, 0) is 68.1 Å². The van der Waals surface area contributed by atoms with E-state index in [9.17, 15) is 0 Å². The fraction of sp³-hybridized carbons (Fsp3) is 0.692. The summed E-state index contributed by atoms with van der Waals surface area (Å²) in [5.41, 5.74) is 4.87. The molecule has 0 radical (unpaired) electrons. The molecule has 1 heterocycles. The van der Waals surface area contributed by atoms with Crippen molar-refractivity contribution in [3.8, 4) is 0 Å². The second-order valence-electron chi connectivity index (χ2n) is 4.72. The molecule has 0 aromatic heterocycles. The van der Waals surface area contributed by atoms with Crippen molar-refractivity contribution in [3.05, 3.63) is 23.0 Å². The first-order chi connectivity index (χ1) is 6.95. The fourth-order valence-corrected chi connectivity index (χ4v) is 3.07. The summed E-state index contributed by atoms with van der Waals surface area (Å²) >= 11 is 0. The molecule has 0 spiro atoms. The monoisotopic (exact) mass is 190 g/mol. The maximum Gasteiger partial charge on any atom is 0.119 e. The fourth-order valence-electron chi connectivity index (χ4n) is 3.07. The van der Waals surface area contributed by atoms with E-state index in [1.807, 2.05) is 0 Å². The van der Waals surface area contributed by atoms with E-state index in [1.165, 1.54) is 56.9 Å². The van der Waals surface area contributed by atoms with Gasteiger partial charge in [0.25, 0.3) is 0 Å². The van der Waals surface area contributed by atoms with E-state index in [-0.39, 0.29) is 0 Å². The van der Waals surface area contributed by atoms with Crippen molar-refractivity contribution in [2.75, 3.05) is 0 Å². The van der Waals surface area contributed by atoms with Crippen LogP contribution in [0.25, 0.3) is 0 Å². The van der Waals surface area contributed by atoms with Gasteiger partial charge in [0, 0.05) is 0 Å². The molecular formula is C13H18O. The lowest BCUT2D eigenvalue weighted by atomic mass is 9.79. The second-order valence-corrected chi connectivity index (χ2v) is 4.72. The Labute approximate surface area is 85.8 Å². The predicted octanol–water partition coefficient (Wildman–Crippen LogP) is 3.71. The third-order valence-electron chi connectivity index (χ3n) is 3.82. The van der Waals surface area contributed by atoms with E-state index >= 15 is 0 Å². The van der Waals surface area contributed by atoms with Gasteiger partial charge in [-0.2, -0.15) is 0 Å². The first-order valence-electron chi connectivity index (χ1n) is 6.02. The topological polar surface area (TPSA) is 9.23 Å². The summed E-state index contributed by atoms with van der Waals surface area (Å²) in [5.74, 6) is 0. The van der Waals surface area contributed by atoms with Crippen LogP contribution in [0.1, 0.15) is 51.4 Å². The summed E-state index contributed by atoms with van der Waals surface area (Å²) in [5, 5.41) is 0. The zero-order valence-corrected chi connectivity index (χ0v) is 8.72. The van der Waals surface area contributed by atoms with Crippen LogP contribution in [-0.4, -0.2) is 6.10 Å². The van der Waals surface area contributed by atoms with Crippen molar-refractivity contribution in [2.24, 2.45) is 0 Å². The molecule has 2 saturated carbocycles. The van der Waals surface area contributed by atoms with E-state index in [4.69, 9.17) is 4.74 Å². The van der Waals surface area contributed by atoms with Gasteiger partial charge >= 0.3 is 0 Å². The minimum Gasteiger partial charge on any atom is -0.493 e. The molecule has 0 aromatic carbocycles. The zero-order valence-electron chi connectivity index (χ0n) is 8.72. The molecule has 0 saturated heterocycles. The van der Waals surface area contributed by atoms with E-state index in [1.54, 1.807) is 11.1 Å². The molecule has 1 atom stereocenters. The van der Waals surface area contributed by atoms with Gasteiger partial charge in [-0.1, -0.05) is 0 Å². The molecule has 0 amide bonds. The van der Waals surface area contributed by atoms with Crippen LogP contribution >= 0.6 is 0 Å². The van der Waals surface area contributed by atoms with Crippen LogP contribution in [0, 0.1) is 0 Å². The molecule has 76 valence electrons. The zero-order chi connectivity index (χ0) is 9.38. The lowest BCUT2D eigenvalue weighted by Gasteiger charge is -2.34. The molecule has 1 heteroatoms. The molecule has 3 rings (SSSR count). The van der Waals surface area contributed by atoms with Gasteiger partial charge in [0.1, 0.15) is 6.10 Å². The molecule has 1 aliphatic heterocycles. The second kappa shape index (κ2) is 3.45. The number of rotatable bonds is 0. The minimum atomic E-state index is 0.459. The maximum absolute atomic E-state index is 5.83. The minimum absolute atomic E-state index is 0.459. The van der Waals surface area contributed by atoms with Crippen LogP contribution < -0.4 is 0 Å². The highest BCUT2D eigenvalue weighted by Gasteiger charge is 2.28. The standard InChI is InChI=1S/C13H18O/c1-2-6-11-10(5-1)9-14-13-8-4-3-7-12(11)13/h9,13H,1-8H2. The van der Waals surface area contributed by atoms with Gasteiger partial charge in [0.2, 0.25) is 0 Å².